The molecule has 0 bridgehead atoms. The Morgan fingerprint density at radius 1 is 1.48 bits per heavy atom. The number of nitro groups is 1. The van der Waals surface area contributed by atoms with Gasteiger partial charge in [-0.2, -0.15) is 0 Å². The molecule has 0 fully saturated rings. The van der Waals surface area contributed by atoms with Crippen LogP contribution in [-0.4, -0.2) is 27.9 Å². The molecule has 1 aromatic carbocycles. The summed E-state index contributed by atoms with van der Waals surface area (Å²) < 4.78 is 13.2. The Morgan fingerprint density at radius 2 is 2.14 bits per heavy atom. The summed E-state index contributed by atoms with van der Waals surface area (Å²) in [5.41, 5.74) is -0.953. The molecule has 1 unspecified atom stereocenters. The van der Waals surface area contributed by atoms with Gasteiger partial charge in [0.25, 0.3) is 11.6 Å². The molecule has 0 aromatic heterocycles. The second kappa shape index (κ2) is 7.32. The third-order valence-electron chi connectivity index (χ3n) is 2.79. The number of carbonyl (C=O) groups excluding carboxylic acids is 1. The number of carbonyl (C=O) groups is 2. The average Bonchev–Trinajstić information content (AvgIpc) is 2.37. The predicted octanol–water partition coefficient (Wildman–Crippen LogP) is 2.11. The van der Waals surface area contributed by atoms with Crippen LogP contribution >= 0.6 is 0 Å². The molecule has 0 saturated carbocycles. The molecule has 0 aliphatic rings. The van der Waals surface area contributed by atoms with E-state index in [1.54, 1.807) is 0 Å². The van der Waals surface area contributed by atoms with Crippen LogP contribution in [0.15, 0.2) is 18.2 Å². The zero-order chi connectivity index (χ0) is 16.0. The molecule has 21 heavy (non-hydrogen) atoms. The molecule has 1 aromatic rings. The van der Waals surface area contributed by atoms with Gasteiger partial charge in [-0.15, -0.1) is 0 Å². The Labute approximate surface area is 119 Å². The molecular formula is C13H15FN2O5. The van der Waals surface area contributed by atoms with Crippen LogP contribution in [0.3, 0.4) is 0 Å². The lowest BCUT2D eigenvalue weighted by Gasteiger charge is -2.16. The summed E-state index contributed by atoms with van der Waals surface area (Å²) in [6.07, 6.45) is 0.729. The van der Waals surface area contributed by atoms with Gasteiger partial charge in [-0.3, -0.25) is 19.7 Å². The Balaban J connectivity index is 2.98. The van der Waals surface area contributed by atoms with Gasteiger partial charge in [-0.25, -0.2) is 4.39 Å². The highest BCUT2D eigenvalue weighted by molar-refractivity contribution is 5.98. The molecule has 0 heterocycles. The van der Waals surface area contributed by atoms with E-state index < -0.39 is 39.9 Å². The van der Waals surface area contributed by atoms with Crippen LogP contribution in [-0.2, 0) is 4.79 Å². The van der Waals surface area contributed by atoms with E-state index in [0.717, 1.165) is 18.2 Å². The fourth-order valence-corrected chi connectivity index (χ4v) is 1.90. The summed E-state index contributed by atoms with van der Waals surface area (Å²) in [6.45, 7) is 1.81. The molecule has 0 spiro atoms. The van der Waals surface area contributed by atoms with Gasteiger partial charge in [0.1, 0.15) is 11.4 Å². The lowest BCUT2D eigenvalue weighted by atomic mass is 10.1. The number of hydrogen-bond donors (Lipinski definition) is 2. The van der Waals surface area contributed by atoms with Gasteiger partial charge in [0.15, 0.2) is 0 Å². The van der Waals surface area contributed by atoms with Crippen molar-refractivity contribution in [1.82, 2.24) is 5.32 Å². The van der Waals surface area contributed by atoms with Crippen LogP contribution in [0.4, 0.5) is 10.1 Å². The van der Waals surface area contributed by atoms with E-state index in [1.165, 1.54) is 0 Å². The minimum atomic E-state index is -1.09. The minimum absolute atomic E-state index is 0.303. The number of nitrogens with zero attached hydrogens (tertiary/aromatic N) is 1. The highest BCUT2D eigenvalue weighted by atomic mass is 19.1. The van der Waals surface area contributed by atoms with Gasteiger partial charge in [0.05, 0.1) is 11.3 Å². The predicted molar refractivity (Wildman–Crippen MR) is 71.5 cm³/mol. The molecule has 7 nitrogen and oxygen atoms in total. The van der Waals surface area contributed by atoms with Crippen LogP contribution in [0.25, 0.3) is 0 Å². The number of nitro benzene ring substituents is 1. The van der Waals surface area contributed by atoms with E-state index in [9.17, 15) is 24.1 Å². The number of carboxylic acid groups (broad SMARTS) is 1. The average molecular weight is 298 g/mol. The summed E-state index contributed by atoms with van der Waals surface area (Å²) in [6, 6.07) is 1.88. The van der Waals surface area contributed by atoms with Gasteiger partial charge >= 0.3 is 5.97 Å². The Hall–Kier alpha value is -2.51. The van der Waals surface area contributed by atoms with Gasteiger partial charge in [0, 0.05) is 12.1 Å². The van der Waals surface area contributed by atoms with Gasteiger partial charge in [-0.1, -0.05) is 13.3 Å². The third-order valence-corrected chi connectivity index (χ3v) is 2.79. The summed E-state index contributed by atoms with van der Waals surface area (Å²) >= 11 is 0. The smallest absolute Gasteiger partial charge is 0.305 e. The van der Waals surface area contributed by atoms with Crippen LogP contribution in [0.1, 0.15) is 36.5 Å². The maximum Gasteiger partial charge on any atom is 0.305 e. The largest absolute Gasteiger partial charge is 0.481 e. The van der Waals surface area contributed by atoms with Crippen LogP contribution in [0.5, 0.6) is 0 Å². The Kier molecular flexibility index (Phi) is 5.77. The Morgan fingerprint density at radius 3 is 2.67 bits per heavy atom. The molecule has 0 saturated heterocycles. The lowest BCUT2D eigenvalue weighted by molar-refractivity contribution is -0.385. The fraction of sp³-hybridized carbons (Fsp3) is 0.385. The first-order valence-corrected chi connectivity index (χ1v) is 6.31. The number of halogens is 1. The second-order valence-electron chi connectivity index (χ2n) is 4.48. The highest BCUT2D eigenvalue weighted by Gasteiger charge is 2.23. The van der Waals surface area contributed by atoms with Gasteiger partial charge < -0.3 is 10.4 Å². The van der Waals surface area contributed by atoms with Crippen molar-refractivity contribution in [3.8, 4) is 0 Å². The van der Waals surface area contributed by atoms with E-state index >= 15 is 0 Å². The number of benzene rings is 1. The standard InChI is InChI=1S/C13H15FN2O5/c1-2-3-9(7-12(17)18)15-13(19)10-6-8(14)4-5-11(10)16(20)21/h4-6,9H,2-3,7H2,1H3,(H,15,19)(H,17,18). The molecule has 0 aliphatic heterocycles. The van der Waals surface area contributed by atoms with Crippen LogP contribution in [0, 0.1) is 15.9 Å². The lowest BCUT2D eigenvalue weighted by Crippen LogP contribution is -2.36. The number of amides is 1. The zero-order valence-electron chi connectivity index (χ0n) is 11.3. The minimum Gasteiger partial charge on any atom is -0.481 e. The SMILES string of the molecule is CCCC(CC(=O)O)NC(=O)c1cc(F)ccc1[N+](=O)[O-]. The summed E-state index contributed by atoms with van der Waals surface area (Å²) in [4.78, 5) is 32.8. The van der Waals surface area contributed by atoms with Crippen molar-refractivity contribution in [2.75, 3.05) is 0 Å². The first-order chi connectivity index (χ1) is 9.85. The first kappa shape index (κ1) is 16.5. The van der Waals surface area contributed by atoms with Crippen LogP contribution < -0.4 is 5.32 Å². The number of hydrogen-bond acceptors (Lipinski definition) is 4. The molecule has 1 rings (SSSR count). The zero-order valence-corrected chi connectivity index (χ0v) is 11.3. The van der Waals surface area contributed by atoms with Crippen molar-refractivity contribution < 1.29 is 24.0 Å². The van der Waals surface area contributed by atoms with Crippen molar-refractivity contribution in [3.63, 3.8) is 0 Å². The van der Waals surface area contributed by atoms with Crippen LogP contribution in [0.2, 0.25) is 0 Å². The quantitative estimate of drug-likeness (QED) is 0.591. The maximum absolute atomic E-state index is 13.2. The summed E-state index contributed by atoms with van der Waals surface area (Å²) in [5, 5.41) is 22.0. The first-order valence-electron chi connectivity index (χ1n) is 6.31. The molecule has 1 atom stereocenters. The van der Waals surface area contributed by atoms with E-state index in [-0.39, 0.29) is 6.42 Å². The van der Waals surface area contributed by atoms with E-state index in [4.69, 9.17) is 5.11 Å². The van der Waals surface area contributed by atoms with Crippen molar-refractivity contribution in [2.24, 2.45) is 0 Å². The second-order valence-corrected chi connectivity index (χ2v) is 4.48. The number of aliphatic carboxylic acids is 1. The number of nitrogens with one attached hydrogen (secondary N) is 1. The summed E-state index contributed by atoms with van der Waals surface area (Å²) in [7, 11) is 0. The van der Waals surface area contributed by atoms with Crippen molar-refractivity contribution in [3.05, 3.63) is 39.7 Å². The van der Waals surface area contributed by atoms with E-state index in [1.807, 2.05) is 6.92 Å². The summed E-state index contributed by atoms with van der Waals surface area (Å²) in [5.74, 6) is -2.74. The molecular weight excluding hydrogens is 283 g/mol. The molecule has 0 radical (unpaired) electrons. The highest BCUT2D eigenvalue weighted by Crippen LogP contribution is 2.20. The molecule has 0 aliphatic carbocycles. The van der Waals surface area contributed by atoms with Crippen molar-refractivity contribution >= 4 is 17.6 Å². The Bertz CT molecular complexity index is 561. The van der Waals surface area contributed by atoms with E-state index in [0.29, 0.717) is 12.8 Å². The number of rotatable bonds is 7. The maximum atomic E-state index is 13.2. The molecule has 114 valence electrons. The van der Waals surface area contributed by atoms with Gasteiger partial charge in [-0.05, 0) is 18.6 Å². The van der Waals surface area contributed by atoms with E-state index in [2.05, 4.69) is 5.32 Å². The fourth-order valence-electron chi connectivity index (χ4n) is 1.90. The molecule has 2 N–H and O–H groups in total. The molecule has 1 amide bonds. The topological polar surface area (TPSA) is 110 Å². The van der Waals surface area contributed by atoms with Gasteiger partial charge in [0.2, 0.25) is 0 Å². The number of carboxylic acids is 1. The molecule has 8 heteroatoms. The van der Waals surface area contributed by atoms with Crippen molar-refractivity contribution in [1.29, 1.82) is 0 Å². The normalized spacial score (nSPS) is 11.7. The monoisotopic (exact) mass is 298 g/mol. The third kappa shape index (κ3) is 4.83. The van der Waals surface area contributed by atoms with Crippen molar-refractivity contribution in [2.45, 2.75) is 32.2 Å².